The number of alkyl halides is 3. The van der Waals surface area contributed by atoms with E-state index >= 15 is 0 Å². The van der Waals surface area contributed by atoms with Gasteiger partial charge in [0.05, 0.1) is 12.2 Å². The molecule has 2 rings (SSSR count). The van der Waals surface area contributed by atoms with Gasteiger partial charge in [-0.25, -0.2) is 4.79 Å². The summed E-state index contributed by atoms with van der Waals surface area (Å²) in [5.41, 5.74) is -3.31. The number of nitrogens with zero attached hydrogens (tertiary/aromatic N) is 2. The molecule has 1 aromatic rings. The first kappa shape index (κ1) is 21.0. The van der Waals surface area contributed by atoms with E-state index < -0.39 is 66.0 Å². The van der Waals surface area contributed by atoms with Gasteiger partial charge < -0.3 is 14.9 Å². The van der Waals surface area contributed by atoms with Crippen LogP contribution in [0.4, 0.5) is 13.2 Å². The summed E-state index contributed by atoms with van der Waals surface area (Å²) in [6.07, 6.45) is -12.3. The minimum absolute atomic E-state index is 0.0450. The van der Waals surface area contributed by atoms with E-state index in [0.29, 0.717) is 10.8 Å². The lowest BCUT2D eigenvalue weighted by atomic mass is 10.1. The fourth-order valence-corrected chi connectivity index (χ4v) is 2.65. The van der Waals surface area contributed by atoms with Gasteiger partial charge in [-0.3, -0.25) is 23.7 Å². The van der Waals surface area contributed by atoms with Gasteiger partial charge in [0.1, 0.15) is 18.3 Å². The second-order valence-electron chi connectivity index (χ2n) is 5.71. The van der Waals surface area contributed by atoms with Crippen LogP contribution in [0.2, 0.25) is 0 Å². The molecule has 2 unspecified atom stereocenters. The van der Waals surface area contributed by atoms with Gasteiger partial charge >= 0.3 is 12.1 Å². The van der Waals surface area contributed by atoms with E-state index in [1.165, 1.54) is 0 Å². The molecular formula is C14H15F3N2O8. The molecule has 1 aliphatic rings. The highest BCUT2D eigenvalue weighted by molar-refractivity contribution is 5.94. The average molecular weight is 396 g/mol. The summed E-state index contributed by atoms with van der Waals surface area (Å²) in [6, 6.07) is 0. The Labute approximate surface area is 148 Å². The molecule has 0 bridgehead atoms. The summed E-state index contributed by atoms with van der Waals surface area (Å²) >= 11 is 0. The Bertz CT molecular complexity index is 875. The van der Waals surface area contributed by atoms with Gasteiger partial charge in [0.15, 0.2) is 12.0 Å². The standard InChI is InChI=1S/C14H15F3N2O8/c1-5(21)7-3-18(13(25)19(6(2)22)11(7)24)12-10(27-14(15,16)17)9(23)8(4-20)26-12/h3,8-10,12,20,23H,4H2,1-2H3/t8-,9?,10?,12-/m0/s1. The van der Waals surface area contributed by atoms with E-state index in [1.807, 2.05) is 0 Å². The van der Waals surface area contributed by atoms with Crippen LogP contribution >= 0.6 is 0 Å². The molecule has 13 heteroatoms. The van der Waals surface area contributed by atoms with Crippen molar-refractivity contribution in [2.75, 3.05) is 6.61 Å². The third kappa shape index (κ3) is 4.00. The molecule has 0 aromatic carbocycles. The minimum Gasteiger partial charge on any atom is -0.394 e. The molecule has 27 heavy (non-hydrogen) atoms. The van der Waals surface area contributed by atoms with Crippen molar-refractivity contribution in [2.45, 2.75) is 44.7 Å². The number of ketones is 1. The summed E-state index contributed by atoms with van der Waals surface area (Å²) in [6.45, 7) is 0.873. The first-order chi connectivity index (χ1) is 12.4. The summed E-state index contributed by atoms with van der Waals surface area (Å²) in [4.78, 5) is 47.8. The van der Waals surface area contributed by atoms with Crippen molar-refractivity contribution in [1.82, 2.24) is 9.13 Å². The SMILES string of the molecule is CC(=O)c1cn([C@H]2O[C@@H](CO)C(O)C2OC(F)(F)F)c(=O)n(C(C)=O)c1=O. The van der Waals surface area contributed by atoms with Crippen LogP contribution in [0, 0.1) is 0 Å². The van der Waals surface area contributed by atoms with Crippen LogP contribution in [0.25, 0.3) is 0 Å². The number of rotatable bonds is 4. The summed E-state index contributed by atoms with van der Waals surface area (Å²) in [5, 5.41) is 19.1. The highest BCUT2D eigenvalue weighted by Gasteiger charge is 2.51. The zero-order valence-corrected chi connectivity index (χ0v) is 14.0. The normalized spacial score (nSPS) is 25.6. The van der Waals surface area contributed by atoms with Gasteiger partial charge in [0.2, 0.25) is 5.91 Å². The molecule has 1 aromatic heterocycles. The number of hydrogen-bond donors (Lipinski definition) is 2. The van der Waals surface area contributed by atoms with Crippen LogP contribution < -0.4 is 11.2 Å². The van der Waals surface area contributed by atoms with Gasteiger partial charge in [-0.1, -0.05) is 0 Å². The van der Waals surface area contributed by atoms with Gasteiger partial charge in [0, 0.05) is 13.1 Å². The monoisotopic (exact) mass is 396 g/mol. The Morgan fingerprint density at radius 3 is 2.33 bits per heavy atom. The predicted molar refractivity (Wildman–Crippen MR) is 79.2 cm³/mol. The smallest absolute Gasteiger partial charge is 0.394 e. The van der Waals surface area contributed by atoms with E-state index in [1.54, 1.807) is 0 Å². The molecule has 0 radical (unpaired) electrons. The first-order valence-electron chi connectivity index (χ1n) is 7.48. The van der Waals surface area contributed by atoms with Crippen LogP contribution in [-0.2, 0) is 9.47 Å². The zero-order valence-electron chi connectivity index (χ0n) is 14.0. The van der Waals surface area contributed by atoms with Crippen molar-refractivity contribution in [3.05, 3.63) is 32.6 Å². The highest BCUT2D eigenvalue weighted by Crippen LogP contribution is 2.35. The number of aromatic nitrogens is 2. The molecule has 2 heterocycles. The van der Waals surface area contributed by atoms with Crippen LogP contribution in [0.5, 0.6) is 0 Å². The number of ether oxygens (including phenoxy) is 2. The Balaban J connectivity index is 2.70. The molecule has 1 saturated heterocycles. The van der Waals surface area contributed by atoms with Crippen molar-refractivity contribution >= 4 is 11.7 Å². The second-order valence-corrected chi connectivity index (χ2v) is 5.71. The number of Topliss-reactive ketones (excluding diaryl/α,β-unsaturated/α-hetero) is 1. The van der Waals surface area contributed by atoms with Gasteiger partial charge in [-0.05, 0) is 6.92 Å². The number of carbonyl (C=O) groups is 2. The lowest BCUT2D eigenvalue weighted by molar-refractivity contribution is -0.356. The molecule has 0 aliphatic carbocycles. The minimum atomic E-state index is -5.24. The highest BCUT2D eigenvalue weighted by atomic mass is 19.4. The lowest BCUT2D eigenvalue weighted by Gasteiger charge is -2.24. The molecule has 10 nitrogen and oxygen atoms in total. The largest absolute Gasteiger partial charge is 0.523 e. The molecule has 2 N–H and O–H groups in total. The van der Waals surface area contributed by atoms with Crippen LogP contribution in [0.15, 0.2) is 15.8 Å². The predicted octanol–water partition coefficient (Wildman–Crippen LogP) is -0.972. The fraction of sp³-hybridized carbons (Fsp3) is 0.571. The molecule has 0 amide bonds. The van der Waals surface area contributed by atoms with Gasteiger partial charge in [0.25, 0.3) is 5.56 Å². The molecule has 1 aliphatic heterocycles. The molecule has 1 fully saturated rings. The van der Waals surface area contributed by atoms with Crippen molar-refractivity contribution in [1.29, 1.82) is 0 Å². The number of carbonyl (C=O) groups excluding carboxylic acids is 2. The first-order valence-corrected chi connectivity index (χ1v) is 7.48. The number of aliphatic hydroxyl groups excluding tert-OH is 2. The topological polar surface area (TPSA) is 137 Å². The van der Waals surface area contributed by atoms with Crippen molar-refractivity contribution in [3.8, 4) is 0 Å². The average Bonchev–Trinajstić information content (AvgIpc) is 2.81. The van der Waals surface area contributed by atoms with E-state index in [4.69, 9.17) is 9.84 Å². The van der Waals surface area contributed by atoms with E-state index in [-0.39, 0.29) is 4.57 Å². The summed E-state index contributed by atoms with van der Waals surface area (Å²) in [5.74, 6) is -1.96. The van der Waals surface area contributed by atoms with Crippen molar-refractivity contribution in [2.24, 2.45) is 0 Å². The quantitative estimate of drug-likeness (QED) is 0.620. The van der Waals surface area contributed by atoms with E-state index in [9.17, 15) is 37.5 Å². The summed E-state index contributed by atoms with van der Waals surface area (Å²) in [7, 11) is 0. The third-order valence-electron chi connectivity index (χ3n) is 3.84. The number of aliphatic hydroxyl groups is 2. The summed E-state index contributed by atoms with van der Waals surface area (Å²) < 4.78 is 47.3. The van der Waals surface area contributed by atoms with Crippen LogP contribution in [0.1, 0.15) is 35.2 Å². The Morgan fingerprint density at radius 2 is 1.89 bits per heavy atom. The Hall–Kier alpha value is -2.35. The number of halogens is 3. The van der Waals surface area contributed by atoms with Crippen molar-refractivity contribution in [3.63, 3.8) is 0 Å². The molecular weight excluding hydrogens is 381 g/mol. The third-order valence-corrected chi connectivity index (χ3v) is 3.84. The Kier molecular flexibility index (Phi) is 5.70. The molecule has 0 spiro atoms. The molecule has 150 valence electrons. The van der Waals surface area contributed by atoms with E-state index in [2.05, 4.69) is 4.74 Å². The lowest BCUT2D eigenvalue weighted by Crippen LogP contribution is -2.48. The maximum absolute atomic E-state index is 12.7. The maximum Gasteiger partial charge on any atom is 0.523 e. The second kappa shape index (κ2) is 7.34. The van der Waals surface area contributed by atoms with Crippen LogP contribution in [0.3, 0.4) is 0 Å². The maximum atomic E-state index is 12.7. The van der Waals surface area contributed by atoms with Crippen LogP contribution in [-0.4, -0.2) is 62.3 Å². The Morgan fingerprint density at radius 1 is 1.30 bits per heavy atom. The van der Waals surface area contributed by atoms with Crippen molar-refractivity contribution < 1.29 is 42.4 Å². The number of hydrogen-bond acceptors (Lipinski definition) is 8. The zero-order chi connectivity index (χ0) is 20.7. The van der Waals surface area contributed by atoms with Gasteiger partial charge in [-0.2, -0.15) is 4.57 Å². The van der Waals surface area contributed by atoms with E-state index in [0.717, 1.165) is 13.8 Å². The molecule has 0 saturated carbocycles. The fourth-order valence-electron chi connectivity index (χ4n) is 2.65. The molecule has 4 atom stereocenters. The van der Waals surface area contributed by atoms with Gasteiger partial charge in [-0.15, -0.1) is 13.2 Å².